The summed E-state index contributed by atoms with van der Waals surface area (Å²) in [6.45, 7) is 5.50. The third-order valence-electron chi connectivity index (χ3n) is 5.25. The number of carbonyl (C=O) groups is 2. The van der Waals surface area contributed by atoms with E-state index in [0.29, 0.717) is 25.4 Å². The first kappa shape index (κ1) is 19.9. The van der Waals surface area contributed by atoms with Gasteiger partial charge in [0.05, 0.1) is 5.41 Å². The molecule has 3 rings (SSSR count). The van der Waals surface area contributed by atoms with Crippen LogP contribution in [0.3, 0.4) is 0 Å². The van der Waals surface area contributed by atoms with E-state index in [1.807, 2.05) is 68.4 Å². The van der Waals surface area contributed by atoms with E-state index in [-0.39, 0.29) is 18.4 Å². The Morgan fingerprint density at radius 1 is 1.14 bits per heavy atom. The molecule has 1 aliphatic rings. The van der Waals surface area contributed by atoms with E-state index in [1.165, 1.54) is 0 Å². The fourth-order valence-electron chi connectivity index (χ4n) is 3.57. The topological polar surface area (TPSA) is 58.6 Å². The van der Waals surface area contributed by atoms with Crippen molar-refractivity contribution in [2.24, 2.45) is 5.41 Å². The van der Waals surface area contributed by atoms with Crippen molar-refractivity contribution in [3.63, 3.8) is 0 Å². The van der Waals surface area contributed by atoms with Gasteiger partial charge in [-0.25, -0.2) is 0 Å². The predicted molar refractivity (Wildman–Crippen MR) is 109 cm³/mol. The molecule has 0 saturated carbocycles. The molecule has 148 valence electrons. The number of aryl methyl sites for hydroxylation is 1. The maximum absolute atomic E-state index is 12.8. The number of likely N-dealkylation sites (tertiary alicyclic amines) is 1. The number of rotatable bonds is 6. The van der Waals surface area contributed by atoms with Crippen molar-refractivity contribution in [1.29, 1.82) is 0 Å². The predicted octanol–water partition coefficient (Wildman–Crippen LogP) is 3.32. The molecule has 0 aromatic heterocycles. The number of nitrogens with zero attached hydrogens (tertiary/aromatic N) is 1. The molecular weight excluding hydrogens is 352 g/mol. The Bertz CT molecular complexity index is 822. The van der Waals surface area contributed by atoms with E-state index in [2.05, 4.69) is 5.32 Å². The molecule has 28 heavy (non-hydrogen) atoms. The van der Waals surface area contributed by atoms with Crippen molar-refractivity contribution < 1.29 is 14.3 Å². The van der Waals surface area contributed by atoms with Crippen LogP contribution in [0.15, 0.2) is 54.6 Å². The van der Waals surface area contributed by atoms with Crippen LogP contribution < -0.4 is 10.1 Å². The summed E-state index contributed by atoms with van der Waals surface area (Å²) in [6.07, 6.45) is 1.58. The highest BCUT2D eigenvalue weighted by Crippen LogP contribution is 2.30. The minimum Gasteiger partial charge on any atom is -0.484 e. The quantitative estimate of drug-likeness (QED) is 0.836. The Balaban J connectivity index is 1.54. The normalized spacial score (nSPS) is 19.1. The highest BCUT2D eigenvalue weighted by molar-refractivity contribution is 5.84. The van der Waals surface area contributed by atoms with Crippen molar-refractivity contribution in [2.45, 2.75) is 33.2 Å². The summed E-state index contributed by atoms with van der Waals surface area (Å²) in [5.74, 6) is 0.602. The van der Waals surface area contributed by atoms with Crippen LogP contribution >= 0.6 is 0 Å². The van der Waals surface area contributed by atoms with E-state index in [4.69, 9.17) is 4.74 Å². The first-order chi connectivity index (χ1) is 13.5. The average molecular weight is 380 g/mol. The number of hydrogen-bond donors (Lipinski definition) is 1. The third kappa shape index (κ3) is 5.12. The second kappa shape index (κ2) is 8.91. The van der Waals surface area contributed by atoms with Gasteiger partial charge in [-0.3, -0.25) is 9.59 Å². The van der Waals surface area contributed by atoms with Gasteiger partial charge in [0, 0.05) is 19.6 Å². The molecule has 1 atom stereocenters. The fraction of sp³-hybridized carbons (Fsp3) is 0.391. The zero-order chi connectivity index (χ0) is 20.0. The Hall–Kier alpha value is -2.82. The van der Waals surface area contributed by atoms with Crippen LogP contribution in [-0.2, 0) is 16.1 Å². The lowest BCUT2D eigenvalue weighted by Gasteiger charge is -2.39. The van der Waals surface area contributed by atoms with E-state index >= 15 is 0 Å². The van der Waals surface area contributed by atoms with Crippen molar-refractivity contribution in [3.8, 4) is 5.75 Å². The molecule has 1 heterocycles. The van der Waals surface area contributed by atoms with Crippen LogP contribution in [-0.4, -0.2) is 36.4 Å². The van der Waals surface area contributed by atoms with Gasteiger partial charge in [0.2, 0.25) is 5.91 Å². The molecular formula is C23H28N2O3. The molecule has 2 aromatic carbocycles. The van der Waals surface area contributed by atoms with Gasteiger partial charge >= 0.3 is 0 Å². The molecule has 5 heteroatoms. The Morgan fingerprint density at radius 3 is 2.68 bits per heavy atom. The van der Waals surface area contributed by atoms with E-state index in [0.717, 1.165) is 24.0 Å². The Kier molecular flexibility index (Phi) is 6.34. The number of nitrogens with one attached hydrogen (secondary N) is 1. The largest absolute Gasteiger partial charge is 0.484 e. The molecule has 2 aromatic rings. The summed E-state index contributed by atoms with van der Waals surface area (Å²) in [5, 5.41) is 3.02. The number of ether oxygens (including phenoxy) is 1. The van der Waals surface area contributed by atoms with Gasteiger partial charge in [-0.05, 0) is 49.9 Å². The summed E-state index contributed by atoms with van der Waals surface area (Å²) < 4.78 is 5.64. The molecule has 0 bridgehead atoms. The maximum Gasteiger partial charge on any atom is 0.260 e. The SMILES string of the molecule is Cc1cccc(OCC(=O)N2CCCC(C)(C(=O)NCc3ccccc3)C2)c1. The summed E-state index contributed by atoms with van der Waals surface area (Å²) in [6, 6.07) is 17.5. The zero-order valence-electron chi connectivity index (χ0n) is 16.6. The lowest BCUT2D eigenvalue weighted by molar-refractivity contribution is -0.142. The molecule has 1 aliphatic heterocycles. The number of carbonyl (C=O) groups excluding carboxylic acids is 2. The van der Waals surface area contributed by atoms with Crippen molar-refractivity contribution in [3.05, 3.63) is 65.7 Å². The fourth-order valence-corrected chi connectivity index (χ4v) is 3.57. The number of hydrogen-bond acceptors (Lipinski definition) is 3. The van der Waals surface area contributed by atoms with Gasteiger partial charge < -0.3 is 15.0 Å². The molecule has 5 nitrogen and oxygen atoms in total. The second-order valence-electron chi connectivity index (χ2n) is 7.75. The molecule has 2 amide bonds. The molecule has 0 radical (unpaired) electrons. The summed E-state index contributed by atoms with van der Waals surface area (Å²) in [7, 11) is 0. The van der Waals surface area contributed by atoms with Crippen LogP contribution in [0.4, 0.5) is 0 Å². The minimum absolute atomic E-state index is 0.00606. The maximum atomic E-state index is 12.8. The van der Waals surface area contributed by atoms with E-state index in [1.54, 1.807) is 4.90 Å². The zero-order valence-corrected chi connectivity index (χ0v) is 16.6. The standard InChI is InChI=1S/C23H28N2O3/c1-18-8-6-11-20(14-18)28-16-21(26)25-13-7-12-23(2,17-25)22(27)24-15-19-9-4-3-5-10-19/h3-6,8-11,14H,7,12-13,15-17H2,1-2H3,(H,24,27). The number of piperidine rings is 1. The Morgan fingerprint density at radius 2 is 1.93 bits per heavy atom. The highest BCUT2D eigenvalue weighted by atomic mass is 16.5. The second-order valence-corrected chi connectivity index (χ2v) is 7.75. The summed E-state index contributed by atoms with van der Waals surface area (Å²) >= 11 is 0. The summed E-state index contributed by atoms with van der Waals surface area (Å²) in [5.41, 5.74) is 1.58. The molecule has 1 N–H and O–H groups in total. The molecule has 0 aliphatic carbocycles. The first-order valence-electron chi connectivity index (χ1n) is 9.76. The van der Waals surface area contributed by atoms with Crippen molar-refractivity contribution >= 4 is 11.8 Å². The van der Waals surface area contributed by atoms with E-state index in [9.17, 15) is 9.59 Å². The van der Waals surface area contributed by atoms with Gasteiger partial charge in [0.25, 0.3) is 5.91 Å². The van der Waals surface area contributed by atoms with Crippen LogP contribution in [0, 0.1) is 12.3 Å². The molecule has 1 unspecified atom stereocenters. The summed E-state index contributed by atoms with van der Waals surface area (Å²) in [4.78, 5) is 27.2. The van der Waals surface area contributed by atoms with Gasteiger partial charge in [0.15, 0.2) is 6.61 Å². The van der Waals surface area contributed by atoms with Crippen molar-refractivity contribution in [2.75, 3.05) is 19.7 Å². The number of benzene rings is 2. The van der Waals surface area contributed by atoms with Crippen LogP contribution in [0.1, 0.15) is 30.9 Å². The van der Waals surface area contributed by atoms with Gasteiger partial charge in [-0.15, -0.1) is 0 Å². The molecule has 1 fully saturated rings. The van der Waals surface area contributed by atoms with E-state index < -0.39 is 5.41 Å². The highest BCUT2D eigenvalue weighted by Gasteiger charge is 2.39. The Labute approximate surface area is 166 Å². The first-order valence-corrected chi connectivity index (χ1v) is 9.76. The average Bonchev–Trinajstić information content (AvgIpc) is 2.71. The lowest BCUT2D eigenvalue weighted by Crippen LogP contribution is -2.52. The van der Waals surface area contributed by atoms with Crippen molar-refractivity contribution in [1.82, 2.24) is 10.2 Å². The van der Waals surface area contributed by atoms with Crippen LogP contribution in [0.25, 0.3) is 0 Å². The minimum atomic E-state index is -0.577. The number of amides is 2. The third-order valence-corrected chi connectivity index (χ3v) is 5.25. The smallest absolute Gasteiger partial charge is 0.260 e. The van der Waals surface area contributed by atoms with Gasteiger partial charge in [-0.2, -0.15) is 0 Å². The van der Waals surface area contributed by atoms with Gasteiger partial charge in [-0.1, -0.05) is 42.5 Å². The van der Waals surface area contributed by atoms with Gasteiger partial charge in [0.1, 0.15) is 5.75 Å². The molecule has 0 spiro atoms. The molecule has 1 saturated heterocycles. The monoisotopic (exact) mass is 380 g/mol. The van der Waals surface area contributed by atoms with Crippen LogP contribution in [0.5, 0.6) is 5.75 Å². The van der Waals surface area contributed by atoms with Crippen LogP contribution in [0.2, 0.25) is 0 Å². The lowest BCUT2D eigenvalue weighted by atomic mass is 9.81.